The lowest BCUT2D eigenvalue weighted by Gasteiger charge is -2.05. The Labute approximate surface area is 235 Å². The molecule has 0 fully saturated rings. The second kappa shape index (κ2) is 11.7. The average Bonchev–Trinajstić information content (AvgIpc) is 3.46. The summed E-state index contributed by atoms with van der Waals surface area (Å²) in [6, 6.07) is 24.9. The third-order valence-electron chi connectivity index (χ3n) is 6.81. The normalized spacial score (nSPS) is 13.7. The topological polar surface area (TPSA) is 41.5 Å². The van der Waals surface area contributed by atoms with Crippen molar-refractivity contribution in [1.82, 2.24) is 4.40 Å². The van der Waals surface area contributed by atoms with Crippen molar-refractivity contribution in [3.05, 3.63) is 137 Å². The number of aromatic nitrogens is 1. The molecule has 0 bridgehead atoms. The zero-order chi connectivity index (χ0) is 28.1. The maximum Gasteiger partial charge on any atom is 0.161 e. The lowest BCUT2D eigenvalue weighted by Crippen LogP contribution is -2.06. The Balaban J connectivity index is 1.66. The van der Waals surface area contributed by atoms with Crippen molar-refractivity contribution < 1.29 is 0 Å². The molecule has 2 aromatic heterocycles. The Morgan fingerprint density at radius 2 is 1.62 bits per heavy atom. The molecule has 0 unspecified atom stereocenters. The van der Waals surface area contributed by atoms with Crippen LogP contribution in [0.1, 0.15) is 30.5 Å². The smallest absolute Gasteiger partial charge is 0.161 e. The van der Waals surface area contributed by atoms with Gasteiger partial charge in [-0.3, -0.25) is 4.99 Å². The van der Waals surface area contributed by atoms with Crippen molar-refractivity contribution in [2.24, 2.45) is 15.0 Å². The van der Waals surface area contributed by atoms with Crippen LogP contribution >= 0.6 is 0 Å². The molecule has 0 atom stereocenters. The van der Waals surface area contributed by atoms with E-state index in [1.54, 1.807) is 13.1 Å². The Morgan fingerprint density at radius 3 is 2.35 bits per heavy atom. The van der Waals surface area contributed by atoms with Gasteiger partial charge in [-0.05, 0) is 37.6 Å². The number of hydrogen-bond donors (Lipinski definition) is 0. The van der Waals surface area contributed by atoms with E-state index in [2.05, 4.69) is 77.2 Å². The minimum atomic E-state index is 0.580. The molecule has 0 aliphatic heterocycles. The van der Waals surface area contributed by atoms with Crippen molar-refractivity contribution in [2.75, 3.05) is 7.05 Å². The maximum absolute atomic E-state index is 4.88. The van der Waals surface area contributed by atoms with Crippen LogP contribution in [0.4, 0.5) is 0 Å². The highest BCUT2D eigenvalue weighted by Gasteiger charge is 2.16. The van der Waals surface area contributed by atoms with Crippen molar-refractivity contribution in [1.29, 1.82) is 0 Å². The number of fused-ring (bicyclic) bond motifs is 5. The van der Waals surface area contributed by atoms with E-state index in [-0.39, 0.29) is 0 Å². The van der Waals surface area contributed by atoms with Crippen LogP contribution in [-0.4, -0.2) is 29.3 Å². The van der Waals surface area contributed by atoms with E-state index in [1.165, 1.54) is 10.9 Å². The van der Waals surface area contributed by atoms with Crippen LogP contribution in [0.5, 0.6) is 0 Å². The molecule has 0 saturated heterocycles. The van der Waals surface area contributed by atoms with Crippen LogP contribution in [0.3, 0.4) is 0 Å². The van der Waals surface area contributed by atoms with Gasteiger partial charge in [0.1, 0.15) is 0 Å². The van der Waals surface area contributed by atoms with Gasteiger partial charge in [-0.15, -0.1) is 0 Å². The van der Waals surface area contributed by atoms with Gasteiger partial charge in [-0.2, -0.15) is 0 Å². The number of rotatable bonds is 6. The summed E-state index contributed by atoms with van der Waals surface area (Å²) in [4.78, 5) is 14.2. The van der Waals surface area contributed by atoms with Crippen LogP contribution in [0.15, 0.2) is 130 Å². The van der Waals surface area contributed by atoms with E-state index in [1.807, 2.05) is 68.6 Å². The van der Waals surface area contributed by atoms with Crippen LogP contribution in [0.25, 0.3) is 40.0 Å². The van der Waals surface area contributed by atoms with Crippen LogP contribution in [-0.2, 0) is 0 Å². The van der Waals surface area contributed by atoms with Crippen molar-refractivity contribution >= 4 is 57.9 Å². The fraction of sp³-hybridized carbons (Fsp3) is 0.0833. The average molecular weight is 521 g/mol. The molecule has 3 aromatic carbocycles. The van der Waals surface area contributed by atoms with E-state index in [0.717, 1.165) is 43.9 Å². The second-order valence-electron chi connectivity index (χ2n) is 9.33. The van der Waals surface area contributed by atoms with Gasteiger partial charge >= 0.3 is 0 Å². The molecule has 196 valence electrons. The minimum Gasteiger partial charge on any atom is -0.308 e. The van der Waals surface area contributed by atoms with Gasteiger partial charge in [0.05, 0.1) is 16.6 Å². The first-order chi connectivity index (χ1) is 19.6. The SMILES string of the molecule is C=C/C=C(\C=C/C)C(=NC)N=C(N=Cc1ccc2c(c1)c(/C=C\C)c1c(=C)c3ccccc3n12)c1ccccc1. The minimum absolute atomic E-state index is 0.580. The van der Waals surface area contributed by atoms with Crippen LogP contribution in [0.2, 0.25) is 0 Å². The zero-order valence-corrected chi connectivity index (χ0v) is 23.2. The first kappa shape index (κ1) is 26.5. The standard InChI is InChI=1S/C36H32N4/c1-6-14-27(15-7-2)35(37-5)39-36(28-17-10-9-11-18-28)38-24-26-21-22-33-31(23-26)30(16-8-3)34-25(4)29-19-12-13-20-32(29)40(33)34/h6-24H,1,4H2,2-3,5H3/b15-7-,16-8-,27-14+,37-35?,38-24?,39-36?. The first-order valence-corrected chi connectivity index (χ1v) is 13.3. The molecule has 0 amide bonds. The molecule has 2 heterocycles. The van der Waals surface area contributed by atoms with Gasteiger partial charge < -0.3 is 4.40 Å². The second-order valence-corrected chi connectivity index (χ2v) is 9.33. The Hall–Kier alpha value is -5.09. The highest BCUT2D eigenvalue weighted by Crippen LogP contribution is 2.31. The van der Waals surface area contributed by atoms with Crippen molar-refractivity contribution in [3.8, 4) is 0 Å². The number of nitrogens with zero attached hydrogens (tertiary/aromatic N) is 4. The number of aliphatic imine (C=N–C) groups is 3. The molecule has 4 nitrogen and oxygen atoms in total. The predicted octanol–water partition coefficient (Wildman–Crippen LogP) is 7.99. The van der Waals surface area contributed by atoms with Crippen LogP contribution in [0, 0.1) is 0 Å². The van der Waals surface area contributed by atoms with Gasteiger partial charge in [0, 0.05) is 46.0 Å². The molecule has 5 aromatic rings. The summed E-state index contributed by atoms with van der Waals surface area (Å²) >= 11 is 0. The summed E-state index contributed by atoms with van der Waals surface area (Å²) in [6.07, 6.45) is 13.7. The van der Waals surface area contributed by atoms with Gasteiger partial charge in [0.2, 0.25) is 0 Å². The van der Waals surface area contributed by atoms with Gasteiger partial charge in [-0.1, -0.05) is 104 Å². The number of benzene rings is 3. The van der Waals surface area contributed by atoms with Crippen molar-refractivity contribution in [3.63, 3.8) is 0 Å². The van der Waals surface area contributed by atoms with Crippen molar-refractivity contribution in [2.45, 2.75) is 13.8 Å². The molecule has 0 radical (unpaired) electrons. The van der Waals surface area contributed by atoms with Gasteiger partial charge in [-0.25, -0.2) is 9.98 Å². The van der Waals surface area contributed by atoms with E-state index < -0.39 is 0 Å². The maximum atomic E-state index is 4.88. The summed E-state index contributed by atoms with van der Waals surface area (Å²) in [5.74, 6) is 1.16. The first-order valence-electron chi connectivity index (χ1n) is 13.3. The summed E-state index contributed by atoms with van der Waals surface area (Å²) in [5.41, 5.74) is 7.37. The summed E-state index contributed by atoms with van der Waals surface area (Å²) in [7, 11) is 1.74. The zero-order valence-electron chi connectivity index (χ0n) is 23.2. The number of para-hydroxylation sites is 1. The number of amidine groups is 2. The molecule has 0 saturated carbocycles. The predicted molar refractivity (Wildman–Crippen MR) is 175 cm³/mol. The number of allylic oxidation sites excluding steroid dienone is 4. The fourth-order valence-corrected chi connectivity index (χ4v) is 5.09. The largest absolute Gasteiger partial charge is 0.308 e. The molecular formula is C36H32N4. The van der Waals surface area contributed by atoms with E-state index in [9.17, 15) is 0 Å². The Kier molecular flexibility index (Phi) is 7.79. The highest BCUT2D eigenvalue weighted by molar-refractivity contribution is 6.15. The molecular weight excluding hydrogens is 488 g/mol. The highest BCUT2D eigenvalue weighted by atomic mass is 15.0. The number of hydrogen-bond acceptors (Lipinski definition) is 1. The summed E-state index contributed by atoms with van der Waals surface area (Å²) in [5, 5.41) is 3.38. The third kappa shape index (κ3) is 4.87. The quantitative estimate of drug-likeness (QED) is 0.124. The summed E-state index contributed by atoms with van der Waals surface area (Å²) < 4.78 is 2.32. The van der Waals surface area contributed by atoms with Gasteiger partial charge in [0.25, 0.3) is 0 Å². The molecule has 0 N–H and O–H groups in total. The third-order valence-corrected chi connectivity index (χ3v) is 6.81. The molecule has 5 rings (SSSR count). The van der Waals surface area contributed by atoms with Crippen LogP contribution < -0.4 is 5.22 Å². The lowest BCUT2D eigenvalue weighted by atomic mass is 10.1. The molecule has 40 heavy (non-hydrogen) atoms. The summed E-state index contributed by atoms with van der Waals surface area (Å²) in [6.45, 7) is 12.3. The monoisotopic (exact) mass is 520 g/mol. The Morgan fingerprint density at radius 1 is 0.875 bits per heavy atom. The van der Waals surface area contributed by atoms with E-state index in [0.29, 0.717) is 11.7 Å². The lowest BCUT2D eigenvalue weighted by molar-refractivity contribution is 1.36. The molecule has 0 spiro atoms. The molecule has 0 aliphatic carbocycles. The molecule has 0 aliphatic rings. The Bertz CT molecular complexity index is 1940. The van der Waals surface area contributed by atoms with E-state index in [4.69, 9.17) is 9.98 Å². The van der Waals surface area contributed by atoms with E-state index >= 15 is 0 Å². The fourth-order valence-electron chi connectivity index (χ4n) is 5.09. The van der Waals surface area contributed by atoms with Gasteiger partial charge in [0.15, 0.2) is 11.7 Å². The molecule has 4 heteroatoms.